The summed E-state index contributed by atoms with van der Waals surface area (Å²) in [6.07, 6.45) is 0.189. The summed E-state index contributed by atoms with van der Waals surface area (Å²) < 4.78 is 46.6. The molecule has 1 N–H and O–H groups in total. The van der Waals surface area contributed by atoms with Crippen LogP contribution in [0.15, 0.2) is 53.4 Å². The van der Waals surface area contributed by atoms with Crippen molar-refractivity contribution >= 4 is 21.9 Å². The minimum atomic E-state index is -3.98. The van der Waals surface area contributed by atoms with Crippen molar-refractivity contribution < 1.29 is 37.3 Å². The van der Waals surface area contributed by atoms with Gasteiger partial charge in [-0.1, -0.05) is 37.3 Å². The molecule has 43 heavy (non-hydrogen) atoms. The number of aliphatic hydroxyl groups is 1. The van der Waals surface area contributed by atoms with Crippen molar-refractivity contribution in [2.24, 2.45) is 23.7 Å². The maximum Gasteiger partial charge on any atom is 0.306 e. The highest BCUT2D eigenvalue weighted by atomic mass is 32.2. The van der Waals surface area contributed by atoms with E-state index in [-0.39, 0.29) is 60.5 Å². The van der Waals surface area contributed by atoms with E-state index in [1.807, 2.05) is 37.3 Å². The number of fused-ring (bicyclic) bond motifs is 2. The molecule has 3 heterocycles. The minimum absolute atomic E-state index is 0.0465. The molecule has 232 valence electrons. The Kier molecular flexibility index (Phi) is 8.63. The zero-order chi connectivity index (χ0) is 30.3. The average Bonchev–Trinajstić information content (AvgIpc) is 3.62. The Morgan fingerprint density at radius 1 is 1.14 bits per heavy atom. The zero-order valence-electron chi connectivity index (χ0n) is 24.6. The summed E-state index contributed by atoms with van der Waals surface area (Å²) in [5, 5.41) is 11.6. The van der Waals surface area contributed by atoms with Gasteiger partial charge in [-0.15, -0.1) is 0 Å². The molecule has 7 atom stereocenters. The van der Waals surface area contributed by atoms with Crippen LogP contribution in [0, 0.1) is 23.7 Å². The Morgan fingerprint density at radius 2 is 1.91 bits per heavy atom. The van der Waals surface area contributed by atoms with E-state index in [9.17, 15) is 23.1 Å². The fourth-order valence-corrected chi connectivity index (χ4v) is 8.79. The van der Waals surface area contributed by atoms with Crippen LogP contribution < -0.4 is 0 Å². The predicted octanol–water partition coefficient (Wildman–Crippen LogP) is 2.83. The number of ether oxygens (including phenoxy) is 3. The van der Waals surface area contributed by atoms with Gasteiger partial charge in [0.2, 0.25) is 10.0 Å². The first-order chi connectivity index (χ1) is 20.7. The lowest BCUT2D eigenvalue weighted by Crippen LogP contribution is -2.42. The largest absolute Gasteiger partial charge is 0.462 e. The van der Waals surface area contributed by atoms with E-state index in [1.54, 1.807) is 24.1 Å². The lowest BCUT2D eigenvalue weighted by Gasteiger charge is -2.30. The lowest BCUT2D eigenvalue weighted by molar-refractivity contribution is -0.178. The van der Waals surface area contributed by atoms with Crippen molar-refractivity contribution in [1.82, 2.24) is 9.21 Å². The minimum Gasteiger partial charge on any atom is -0.462 e. The van der Waals surface area contributed by atoms with Crippen LogP contribution in [0.2, 0.25) is 0 Å². The molecule has 5 unspecified atom stereocenters. The molecule has 6 rings (SSSR count). The van der Waals surface area contributed by atoms with Crippen LogP contribution in [-0.4, -0.2) is 86.5 Å². The fraction of sp³-hybridized carbons (Fsp3) is 0.562. The van der Waals surface area contributed by atoms with E-state index in [0.717, 1.165) is 12.0 Å². The fourth-order valence-electron chi connectivity index (χ4n) is 7.19. The number of benzene rings is 2. The number of hydrogen-bond acceptors (Lipinski definition) is 8. The lowest BCUT2D eigenvalue weighted by atomic mass is 9.90. The van der Waals surface area contributed by atoms with Crippen LogP contribution in [0.3, 0.4) is 0 Å². The smallest absolute Gasteiger partial charge is 0.306 e. The number of sulfonamides is 1. The van der Waals surface area contributed by atoms with Crippen LogP contribution in [0.4, 0.5) is 0 Å². The number of amides is 1. The normalized spacial score (nSPS) is 27.4. The molecule has 2 saturated heterocycles. The molecule has 0 spiro atoms. The Bertz CT molecular complexity index is 1450. The molecule has 1 aliphatic carbocycles. The van der Waals surface area contributed by atoms with Crippen LogP contribution in [0.1, 0.15) is 47.7 Å². The van der Waals surface area contributed by atoms with E-state index in [4.69, 9.17) is 14.2 Å². The highest BCUT2D eigenvalue weighted by Crippen LogP contribution is 2.49. The molecule has 2 aromatic rings. The quantitative estimate of drug-likeness (QED) is 0.363. The average molecular weight is 613 g/mol. The van der Waals surface area contributed by atoms with Crippen molar-refractivity contribution in [2.75, 3.05) is 33.4 Å². The molecule has 4 aliphatic rings. The van der Waals surface area contributed by atoms with E-state index in [2.05, 4.69) is 0 Å². The predicted molar refractivity (Wildman–Crippen MR) is 156 cm³/mol. The van der Waals surface area contributed by atoms with Crippen LogP contribution >= 0.6 is 0 Å². The highest BCUT2D eigenvalue weighted by molar-refractivity contribution is 7.89. The number of esters is 1. The Labute approximate surface area is 253 Å². The molecule has 1 amide bonds. The SMILES string of the molecule is CCCN(C[C@@H](O)[C@@H](CC(=O)OC1C2COC3OCC1C3C2)Cc1ccccc1)S(=O)(=O)c1ccc2c(c1)CN(C)C2=O. The third kappa shape index (κ3) is 5.98. The van der Waals surface area contributed by atoms with Gasteiger partial charge in [-0.3, -0.25) is 9.59 Å². The Morgan fingerprint density at radius 3 is 2.67 bits per heavy atom. The van der Waals surface area contributed by atoms with Gasteiger partial charge in [-0.05, 0) is 48.6 Å². The summed E-state index contributed by atoms with van der Waals surface area (Å²) in [5.41, 5.74) is 2.10. The highest BCUT2D eigenvalue weighted by Gasteiger charge is 2.56. The van der Waals surface area contributed by atoms with Crippen LogP contribution in [0.5, 0.6) is 0 Å². The molecular weight excluding hydrogens is 572 g/mol. The first-order valence-electron chi connectivity index (χ1n) is 15.2. The van der Waals surface area contributed by atoms with Gasteiger partial charge in [0, 0.05) is 55.9 Å². The maximum atomic E-state index is 13.8. The van der Waals surface area contributed by atoms with Gasteiger partial charge in [0.25, 0.3) is 5.91 Å². The Balaban J connectivity index is 1.19. The molecule has 3 aliphatic heterocycles. The van der Waals surface area contributed by atoms with Gasteiger partial charge in [-0.25, -0.2) is 8.42 Å². The third-order valence-corrected chi connectivity index (χ3v) is 11.3. The number of nitrogens with zero attached hydrogens (tertiary/aromatic N) is 2. The third-order valence-electron chi connectivity index (χ3n) is 9.43. The molecule has 11 heteroatoms. The summed E-state index contributed by atoms with van der Waals surface area (Å²) in [6, 6.07) is 14.1. The van der Waals surface area contributed by atoms with Gasteiger partial charge in [0.15, 0.2) is 6.29 Å². The van der Waals surface area contributed by atoms with E-state index >= 15 is 0 Å². The molecule has 2 aromatic carbocycles. The second-order valence-corrected chi connectivity index (χ2v) is 14.3. The summed E-state index contributed by atoms with van der Waals surface area (Å²) in [5.74, 6) is -0.605. The molecule has 2 bridgehead atoms. The van der Waals surface area contributed by atoms with Gasteiger partial charge in [-0.2, -0.15) is 4.31 Å². The van der Waals surface area contributed by atoms with Crippen molar-refractivity contribution in [3.8, 4) is 0 Å². The second kappa shape index (κ2) is 12.3. The Hall–Kier alpha value is -2.83. The topological polar surface area (TPSA) is 123 Å². The number of rotatable bonds is 12. The van der Waals surface area contributed by atoms with E-state index < -0.39 is 28.0 Å². The van der Waals surface area contributed by atoms with Gasteiger partial charge in [0.1, 0.15) is 6.10 Å². The standard InChI is InChI=1S/C32H40N2O8S/c1-3-11-34(43(38,39)24-9-10-25-22(13-24)16-33(2)31(25)37)17-28(35)21(12-20-7-5-4-6-8-20)15-29(36)42-30-23-14-26-27(30)19-41-32(26)40-18-23/h4-10,13,21,23,26-28,30,32,35H,3,11-12,14-19H2,1-2H3/t21-,23?,26?,27?,28-,30?,32?/m1/s1. The van der Waals surface area contributed by atoms with Crippen molar-refractivity contribution in [3.05, 3.63) is 65.2 Å². The number of aliphatic hydroxyl groups excluding tert-OH is 1. The zero-order valence-corrected chi connectivity index (χ0v) is 25.4. The van der Waals surface area contributed by atoms with E-state index in [1.165, 1.54) is 10.4 Å². The summed E-state index contributed by atoms with van der Waals surface area (Å²) in [7, 11) is -2.31. The first-order valence-corrected chi connectivity index (χ1v) is 16.6. The molecule has 1 saturated carbocycles. The first kappa shape index (κ1) is 30.2. The molecule has 0 radical (unpaired) electrons. The molecule has 10 nitrogen and oxygen atoms in total. The van der Waals surface area contributed by atoms with Gasteiger partial charge >= 0.3 is 5.97 Å². The van der Waals surface area contributed by atoms with Gasteiger partial charge in [0.05, 0.1) is 30.6 Å². The number of carbonyl (C=O) groups is 2. The summed E-state index contributed by atoms with van der Waals surface area (Å²) in [4.78, 5) is 27.3. The number of carbonyl (C=O) groups excluding carboxylic acids is 2. The van der Waals surface area contributed by atoms with Crippen molar-refractivity contribution in [3.63, 3.8) is 0 Å². The van der Waals surface area contributed by atoms with Crippen LogP contribution in [-0.2, 0) is 42.0 Å². The monoisotopic (exact) mass is 612 g/mol. The van der Waals surface area contributed by atoms with Crippen LogP contribution in [0.25, 0.3) is 0 Å². The second-order valence-electron chi connectivity index (χ2n) is 12.4. The van der Waals surface area contributed by atoms with Gasteiger partial charge < -0.3 is 24.2 Å². The van der Waals surface area contributed by atoms with E-state index in [0.29, 0.717) is 43.7 Å². The number of hydrogen-bond donors (Lipinski definition) is 1. The summed E-state index contributed by atoms with van der Waals surface area (Å²) in [6.45, 7) is 3.27. The molecular formula is C32H40N2O8S. The molecule has 0 aromatic heterocycles. The molecule has 3 fully saturated rings. The van der Waals surface area contributed by atoms with Crippen molar-refractivity contribution in [2.45, 2.75) is 62.5 Å². The van der Waals surface area contributed by atoms with Crippen molar-refractivity contribution in [1.29, 1.82) is 0 Å². The summed E-state index contributed by atoms with van der Waals surface area (Å²) >= 11 is 0. The maximum absolute atomic E-state index is 13.8.